The minimum absolute atomic E-state index is 0.470. The van der Waals surface area contributed by atoms with E-state index in [4.69, 9.17) is 0 Å². The van der Waals surface area contributed by atoms with Gasteiger partial charge in [0.25, 0.3) is 0 Å². The SMILES string of the molecule is CN1C(c2ccccc2)=CC2Cc3ccccc3N21. The van der Waals surface area contributed by atoms with E-state index in [1.54, 1.807) is 0 Å². The Hall–Kier alpha value is -2.22. The fourth-order valence-electron chi connectivity index (χ4n) is 3.21. The molecule has 0 saturated heterocycles. The molecular weight excluding hydrogens is 232 g/mol. The maximum Gasteiger partial charge on any atom is 0.0751 e. The third kappa shape index (κ3) is 1.49. The van der Waals surface area contributed by atoms with Gasteiger partial charge in [-0.2, -0.15) is 0 Å². The molecule has 0 radical (unpaired) electrons. The van der Waals surface area contributed by atoms with Crippen LogP contribution in [0.3, 0.4) is 0 Å². The van der Waals surface area contributed by atoms with Crippen LogP contribution in [0.15, 0.2) is 60.7 Å². The molecule has 0 aliphatic carbocycles. The summed E-state index contributed by atoms with van der Waals surface area (Å²) in [4.78, 5) is 0. The Bertz CT molecular complexity index is 645. The fraction of sp³-hybridized carbons (Fsp3) is 0.176. The first kappa shape index (κ1) is 10.7. The summed E-state index contributed by atoms with van der Waals surface area (Å²) in [5.74, 6) is 0. The van der Waals surface area contributed by atoms with Gasteiger partial charge in [-0.25, -0.2) is 0 Å². The number of hydrazine groups is 1. The van der Waals surface area contributed by atoms with Crippen molar-refractivity contribution in [1.82, 2.24) is 5.01 Å². The van der Waals surface area contributed by atoms with Crippen molar-refractivity contribution in [3.63, 3.8) is 0 Å². The van der Waals surface area contributed by atoms with Crippen molar-refractivity contribution in [3.05, 3.63) is 71.8 Å². The van der Waals surface area contributed by atoms with Crippen molar-refractivity contribution in [2.24, 2.45) is 0 Å². The Morgan fingerprint density at radius 1 is 0.947 bits per heavy atom. The molecule has 2 heterocycles. The first-order chi connectivity index (χ1) is 9.34. The van der Waals surface area contributed by atoms with Gasteiger partial charge in [-0.05, 0) is 23.3 Å². The van der Waals surface area contributed by atoms with Gasteiger partial charge in [-0.1, -0.05) is 48.5 Å². The number of fused-ring (bicyclic) bond motifs is 3. The minimum Gasteiger partial charge on any atom is -0.287 e. The van der Waals surface area contributed by atoms with Crippen molar-refractivity contribution < 1.29 is 0 Å². The summed E-state index contributed by atoms with van der Waals surface area (Å²) >= 11 is 0. The third-order valence-electron chi connectivity index (χ3n) is 4.07. The number of nitrogens with zero attached hydrogens (tertiary/aromatic N) is 2. The van der Waals surface area contributed by atoms with Crippen LogP contribution >= 0.6 is 0 Å². The predicted molar refractivity (Wildman–Crippen MR) is 78.6 cm³/mol. The van der Waals surface area contributed by atoms with Crippen molar-refractivity contribution >= 4 is 11.4 Å². The van der Waals surface area contributed by atoms with Gasteiger partial charge in [-0.15, -0.1) is 0 Å². The van der Waals surface area contributed by atoms with Crippen molar-refractivity contribution in [1.29, 1.82) is 0 Å². The molecule has 0 bridgehead atoms. The van der Waals surface area contributed by atoms with E-state index in [2.05, 4.69) is 77.7 Å². The Kier molecular flexibility index (Phi) is 2.18. The Morgan fingerprint density at radius 2 is 1.68 bits per heavy atom. The molecule has 2 aromatic rings. The largest absolute Gasteiger partial charge is 0.287 e. The summed E-state index contributed by atoms with van der Waals surface area (Å²) < 4.78 is 0. The Balaban J connectivity index is 1.75. The molecule has 0 N–H and O–H groups in total. The maximum atomic E-state index is 2.40. The van der Waals surface area contributed by atoms with Crippen LogP contribution in [-0.2, 0) is 6.42 Å². The molecule has 19 heavy (non-hydrogen) atoms. The molecule has 0 spiro atoms. The smallest absolute Gasteiger partial charge is 0.0751 e. The average Bonchev–Trinajstić information content (AvgIpc) is 2.97. The number of hydrogen-bond donors (Lipinski definition) is 0. The van der Waals surface area contributed by atoms with E-state index in [9.17, 15) is 0 Å². The zero-order chi connectivity index (χ0) is 12.8. The zero-order valence-electron chi connectivity index (χ0n) is 11.0. The summed E-state index contributed by atoms with van der Waals surface area (Å²) in [6.07, 6.45) is 3.49. The lowest BCUT2D eigenvalue weighted by Crippen LogP contribution is -2.37. The number of para-hydroxylation sites is 1. The van der Waals surface area contributed by atoms with Gasteiger partial charge in [0, 0.05) is 13.5 Å². The second-order valence-electron chi connectivity index (χ2n) is 5.19. The Morgan fingerprint density at radius 3 is 2.53 bits per heavy atom. The highest BCUT2D eigenvalue weighted by Crippen LogP contribution is 2.41. The highest BCUT2D eigenvalue weighted by molar-refractivity contribution is 5.74. The number of anilines is 1. The van der Waals surface area contributed by atoms with E-state index in [-0.39, 0.29) is 0 Å². The maximum absolute atomic E-state index is 2.40. The van der Waals surface area contributed by atoms with Gasteiger partial charge in [0.1, 0.15) is 0 Å². The van der Waals surface area contributed by atoms with Crippen LogP contribution in [-0.4, -0.2) is 18.1 Å². The molecule has 0 saturated carbocycles. The summed E-state index contributed by atoms with van der Waals surface area (Å²) in [6.45, 7) is 0. The Labute approximate surface area is 113 Å². The molecular formula is C17H16N2. The molecule has 0 aromatic heterocycles. The molecule has 4 rings (SSSR count). The molecule has 2 aliphatic rings. The van der Waals surface area contributed by atoms with Gasteiger partial charge >= 0.3 is 0 Å². The second-order valence-corrected chi connectivity index (χ2v) is 5.19. The summed E-state index contributed by atoms with van der Waals surface area (Å²) in [5, 5.41) is 4.68. The highest BCUT2D eigenvalue weighted by atomic mass is 15.7. The van der Waals surface area contributed by atoms with Crippen LogP contribution in [0.1, 0.15) is 11.1 Å². The van der Waals surface area contributed by atoms with E-state index in [1.165, 1.54) is 22.5 Å². The monoisotopic (exact) mass is 248 g/mol. The zero-order valence-corrected chi connectivity index (χ0v) is 11.0. The van der Waals surface area contributed by atoms with E-state index in [0.717, 1.165) is 6.42 Å². The van der Waals surface area contributed by atoms with Gasteiger partial charge in [-0.3, -0.25) is 10.0 Å². The van der Waals surface area contributed by atoms with Crippen molar-refractivity contribution in [2.75, 3.05) is 12.1 Å². The van der Waals surface area contributed by atoms with E-state index in [1.807, 2.05) is 0 Å². The predicted octanol–water partition coefficient (Wildman–Crippen LogP) is 3.32. The number of hydrogen-bond acceptors (Lipinski definition) is 2. The number of rotatable bonds is 1. The normalized spacial score (nSPS) is 20.3. The first-order valence-electron chi connectivity index (χ1n) is 6.72. The molecule has 1 unspecified atom stereocenters. The summed E-state index contributed by atoms with van der Waals surface area (Å²) in [7, 11) is 2.15. The molecule has 2 aromatic carbocycles. The van der Waals surface area contributed by atoms with Crippen LogP contribution in [0, 0.1) is 0 Å². The molecule has 2 aliphatic heterocycles. The minimum atomic E-state index is 0.470. The highest BCUT2D eigenvalue weighted by Gasteiger charge is 2.36. The van der Waals surface area contributed by atoms with E-state index >= 15 is 0 Å². The molecule has 2 nitrogen and oxygen atoms in total. The van der Waals surface area contributed by atoms with Gasteiger partial charge in [0.05, 0.1) is 17.4 Å². The first-order valence-corrected chi connectivity index (χ1v) is 6.72. The molecule has 1 atom stereocenters. The van der Waals surface area contributed by atoms with E-state index in [0.29, 0.717) is 6.04 Å². The third-order valence-corrected chi connectivity index (χ3v) is 4.07. The van der Waals surface area contributed by atoms with Crippen molar-refractivity contribution in [3.8, 4) is 0 Å². The van der Waals surface area contributed by atoms with Crippen molar-refractivity contribution in [2.45, 2.75) is 12.5 Å². The molecule has 0 amide bonds. The van der Waals surface area contributed by atoms with Gasteiger partial charge in [0.2, 0.25) is 0 Å². The molecule has 94 valence electrons. The summed E-state index contributed by atoms with van der Waals surface area (Å²) in [6, 6.07) is 19.8. The number of benzene rings is 2. The lowest BCUT2D eigenvalue weighted by Gasteiger charge is -2.31. The topological polar surface area (TPSA) is 6.48 Å². The lowest BCUT2D eigenvalue weighted by atomic mass is 10.1. The van der Waals surface area contributed by atoms with Crippen LogP contribution in [0.25, 0.3) is 5.70 Å². The molecule has 0 fully saturated rings. The second kappa shape index (κ2) is 3.89. The van der Waals surface area contributed by atoms with E-state index < -0.39 is 0 Å². The lowest BCUT2D eigenvalue weighted by molar-refractivity contribution is 0.447. The van der Waals surface area contributed by atoms with Gasteiger partial charge < -0.3 is 0 Å². The van der Waals surface area contributed by atoms with Crippen LogP contribution in [0.5, 0.6) is 0 Å². The average molecular weight is 248 g/mol. The molecule has 2 heteroatoms. The van der Waals surface area contributed by atoms with Gasteiger partial charge in [0.15, 0.2) is 0 Å². The summed E-state index contributed by atoms with van der Waals surface area (Å²) in [5.41, 5.74) is 5.39. The van der Waals surface area contributed by atoms with Crippen LogP contribution < -0.4 is 5.01 Å². The quantitative estimate of drug-likeness (QED) is 0.764. The van der Waals surface area contributed by atoms with Crippen LogP contribution in [0.4, 0.5) is 5.69 Å². The van der Waals surface area contributed by atoms with Crippen LogP contribution in [0.2, 0.25) is 0 Å². The standard InChI is InChI=1S/C17H16N2/c1-18-17(13-7-3-2-4-8-13)12-15-11-14-9-5-6-10-16(14)19(15)18/h2-10,12,15H,11H2,1H3. The fourth-order valence-corrected chi connectivity index (χ4v) is 3.21.